The van der Waals surface area contributed by atoms with Crippen LogP contribution < -0.4 is 0 Å². The van der Waals surface area contributed by atoms with Crippen molar-refractivity contribution in [1.82, 2.24) is 4.90 Å². The lowest BCUT2D eigenvalue weighted by atomic mass is 10.1. The molecule has 0 atom stereocenters. The van der Waals surface area contributed by atoms with Gasteiger partial charge in [-0.15, -0.1) is 0 Å². The van der Waals surface area contributed by atoms with Crippen LogP contribution in [0.2, 0.25) is 0 Å². The Labute approximate surface area is 128 Å². The third-order valence-electron chi connectivity index (χ3n) is 3.43. The maximum atomic E-state index is 12.4. The molecule has 0 aromatic heterocycles. The first-order chi connectivity index (χ1) is 9.49. The molecule has 104 valence electrons. The highest BCUT2D eigenvalue weighted by molar-refractivity contribution is 9.10. The van der Waals surface area contributed by atoms with Crippen molar-refractivity contribution in [1.29, 1.82) is 0 Å². The molecule has 0 aliphatic rings. The van der Waals surface area contributed by atoms with Gasteiger partial charge in [-0.25, -0.2) is 0 Å². The lowest BCUT2D eigenvalue weighted by molar-refractivity contribution is 0.0785. The maximum absolute atomic E-state index is 12.4. The summed E-state index contributed by atoms with van der Waals surface area (Å²) < 4.78 is 0.965. The third kappa shape index (κ3) is 3.28. The van der Waals surface area contributed by atoms with Crippen molar-refractivity contribution in [2.24, 2.45) is 0 Å². The number of hydrogen-bond donors (Lipinski definition) is 0. The van der Waals surface area contributed by atoms with Gasteiger partial charge in [0.25, 0.3) is 5.91 Å². The summed E-state index contributed by atoms with van der Waals surface area (Å²) >= 11 is 3.47. The number of rotatable bonds is 3. The fraction of sp³-hybridized carbons (Fsp3) is 0.235. The molecule has 0 saturated heterocycles. The number of hydrogen-bond acceptors (Lipinski definition) is 1. The number of carbonyl (C=O) groups is 1. The number of aryl methyl sites for hydroxylation is 2. The molecule has 0 aliphatic heterocycles. The second-order valence-electron chi connectivity index (χ2n) is 5.05. The molecule has 0 N–H and O–H groups in total. The van der Waals surface area contributed by atoms with Crippen LogP contribution in [-0.4, -0.2) is 17.9 Å². The number of nitrogens with zero attached hydrogens (tertiary/aromatic N) is 1. The van der Waals surface area contributed by atoms with Crippen LogP contribution in [0.3, 0.4) is 0 Å². The minimum Gasteiger partial charge on any atom is -0.337 e. The van der Waals surface area contributed by atoms with Gasteiger partial charge in [-0.3, -0.25) is 4.79 Å². The van der Waals surface area contributed by atoms with Crippen LogP contribution in [0.4, 0.5) is 0 Å². The van der Waals surface area contributed by atoms with Crippen LogP contribution >= 0.6 is 15.9 Å². The second kappa shape index (κ2) is 6.23. The summed E-state index contributed by atoms with van der Waals surface area (Å²) in [6, 6.07) is 13.9. The molecule has 2 rings (SSSR count). The molecule has 2 nitrogen and oxygen atoms in total. The summed E-state index contributed by atoms with van der Waals surface area (Å²) in [6.45, 7) is 4.70. The van der Waals surface area contributed by atoms with Gasteiger partial charge in [-0.2, -0.15) is 0 Å². The van der Waals surface area contributed by atoms with Crippen molar-refractivity contribution < 1.29 is 4.79 Å². The number of benzene rings is 2. The van der Waals surface area contributed by atoms with E-state index in [4.69, 9.17) is 0 Å². The smallest absolute Gasteiger partial charge is 0.253 e. The topological polar surface area (TPSA) is 20.3 Å². The van der Waals surface area contributed by atoms with E-state index in [1.165, 1.54) is 11.1 Å². The molecule has 0 saturated carbocycles. The molecule has 0 spiro atoms. The lowest BCUT2D eigenvalue weighted by Gasteiger charge is -2.19. The zero-order valence-electron chi connectivity index (χ0n) is 12.0. The van der Waals surface area contributed by atoms with Gasteiger partial charge in [0.05, 0.1) is 0 Å². The molecule has 3 heteroatoms. The summed E-state index contributed by atoms with van der Waals surface area (Å²) in [7, 11) is 1.84. The molecule has 0 bridgehead atoms. The van der Waals surface area contributed by atoms with E-state index in [1.807, 2.05) is 44.3 Å². The molecule has 20 heavy (non-hydrogen) atoms. The van der Waals surface area contributed by atoms with E-state index in [0.717, 1.165) is 10.0 Å². The third-order valence-corrected chi connectivity index (χ3v) is 4.29. The van der Waals surface area contributed by atoms with Gasteiger partial charge < -0.3 is 4.90 Å². The fourth-order valence-electron chi connectivity index (χ4n) is 2.06. The van der Waals surface area contributed by atoms with Gasteiger partial charge in [0.2, 0.25) is 0 Å². The van der Waals surface area contributed by atoms with Gasteiger partial charge in [0.15, 0.2) is 0 Å². The van der Waals surface area contributed by atoms with E-state index < -0.39 is 0 Å². The highest BCUT2D eigenvalue weighted by atomic mass is 79.9. The van der Waals surface area contributed by atoms with Crippen molar-refractivity contribution in [3.63, 3.8) is 0 Å². The Morgan fingerprint density at radius 3 is 2.45 bits per heavy atom. The van der Waals surface area contributed by atoms with Crippen LogP contribution in [0.15, 0.2) is 46.9 Å². The van der Waals surface area contributed by atoms with Crippen molar-refractivity contribution in [3.05, 3.63) is 69.2 Å². The lowest BCUT2D eigenvalue weighted by Crippen LogP contribution is -2.26. The monoisotopic (exact) mass is 331 g/mol. The Morgan fingerprint density at radius 2 is 1.80 bits per heavy atom. The van der Waals surface area contributed by atoms with Crippen LogP contribution in [-0.2, 0) is 6.54 Å². The molecule has 0 heterocycles. The molecule has 1 amide bonds. The van der Waals surface area contributed by atoms with Crippen LogP contribution in [0.5, 0.6) is 0 Å². The van der Waals surface area contributed by atoms with E-state index in [-0.39, 0.29) is 5.91 Å². The van der Waals surface area contributed by atoms with Gasteiger partial charge in [0, 0.05) is 23.6 Å². The Morgan fingerprint density at radius 1 is 1.10 bits per heavy atom. The molecule has 2 aromatic carbocycles. The average molecular weight is 332 g/mol. The standard InChI is InChI=1S/C17H18BrNO/c1-12-6-4-5-7-15(12)11-19(3)17(20)14-9-8-13(2)16(18)10-14/h4-10H,11H2,1-3H3. The summed E-state index contributed by atoms with van der Waals surface area (Å²) in [6.07, 6.45) is 0. The molecule has 0 radical (unpaired) electrons. The first kappa shape index (κ1) is 14.8. The SMILES string of the molecule is Cc1ccc(C(=O)N(C)Cc2ccccc2C)cc1Br. The predicted octanol–water partition coefficient (Wildman–Crippen LogP) is 4.34. The highest BCUT2D eigenvalue weighted by Crippen LogP contribution is 2.19. The number of amides is 1. The summed E-state index contributed by atoms with van der Waals surface area (Å²) in [5.74, 6) is 0.0361. The Kier molecular flexibility index (Phi) is 4.61. The highest BCUT2D eigenvalue weighted by Gasteiger charge is 2.13. The van der Waals surface area contributed by atoms with Crippen LogP contribution in [0.1, 0.15) is 27.0 Å². The first-order valence-electron chi connectivity index (χ1n) is 6.55. The Hall–Kier alpha value is -1.61. The molecule has 0 unspecified atom stereocenters. The number of carbonyl (C=O) groups excluding carboxylic acids is 1. The normalized spacial score (nSPS) is 10.4. The van der Waals surface area contributed by atoms with E-state index >= 15 is 0 Å². The molecular formula is C17H18BrNO. The van der Waals surface area contributed by atoms with Crippen molar-refractivity contribution in [2.75, 3.05) is 7.05 Å². The van der Waals surface area contributed by atoms with Gasteiger partial charge in [0.1, 0.15) is 0 Å². The average Bonchev–Trinajstić information content (AvgIpc) is 2.43. The zero-order valence-corrected chi connectivity index (χ0v) is 13.6. The maximum Gasteiger partial charge on any atom is 0.253 e. The quantitative estimate of drug-likeness (QED) is 0.819. The van der Waals surface area contributed by atoms with Crippen molar-refractivity contribution in [2.45, 2.75) is 20.4 Å². The predicted molar refractivity (Wildman–Crippen MR) is 85.9 cm³/mol. The minimum atomic E-state index is 0.0361. The van der Waals surface area contributed by atoms with E-state index in [2.05, 4.69) is 35.0 Å². The van der Waals surface area contributed by atoms with Crippen molar-refractivity contribution >= 4 is 21.8 Å². The van der Waals surface area contributed by atoms with Gasteiger partial charge in [-0.05, 0) is 42.7 Å². The molecule has 0 aliphatic carbocycles. The fourth-order valence-corrected chi connectivity index (χ4v) is 2.44. The summed E-state index contributed by atoms with van der Waals surface area (Å²) in [5, 5.41) is 0. The van der Waals surface area contributed by atoms with E-state index in [0.29, 0.717) is 12.1 Å². The molecule has 0 fully saturated rings. The van der Waals surface area contributed by atoms with Crippen LogP contribution in [0, 0.1) is 13.8 Å². The number of halogens is 1. The van der Waals surface area contributed by atoms with Crippen molar-refractivity contribution in [3.8, 4) is 0 Å². The summed E-state index contributed by atoms with van der Waals surface area (Å²) in [5.41, 5.74) is 4.22. The minimum absolute atomic E-state index is 0.0361. The summed E-state index contributed by atoms with van der Waals surface area (Å²) in [4.78, 5) is 14.2. The Balaban J connectivity index is 2.16. The Bertz CT molecular complexity index is 637. The second-order valence-corrected chi connectivity index (χ2v) is 5.91. The van der Waals surface area contributed by atoms with Gasteiger partial charge >= 0.3 is 0 Å². The van der Waals surface area contributed by atoms with E-state index in [1.54, 1.807) is 4.90 Å². The molecular weight excluding hydrogens is 314 g/mol. The first-order valence-corrected chi connectivity index (χ1v) is 7.34. The van der Waals surface area contributed by atoms with E-state index in [9.17, 15) is 4.79 Å². The largest absolute Gasteiger partial charge is 0.337 e. The molecule has 2 aromatic rings. The zero-order chi connectivity index (χ0) is 14.7. The van der Waals surface area contributed by atoms with Gasteiger partial charge in [-0.1, -0.05) is 46.3 Å². The van der Waals surface area contributed by atoms with Crippen LogP contribution in [0.25, 0.3) is 0 Å².